The number of allylic oxidation sites excluding steroid dienone is 3. The van der Waals surface area contributed by atoms with Crippen LogP contribution in [0.5, 0.6) is 0 Å². The first-order valence-corrected chi connectivity index (χ1v) is 11.6. The van der Waals surface area contributed by atoms with Gasteiger partial charge in [-0.05, 0) is 48.1 Å². The van der Waals surface area contributed by atoms with Gasteiger partial charge in [-0.3, -0.25) is 0 Å². The molecule has 3 nitrogen and oxygen atoms in total. The number of nitrogens with one attached hydrogen (secondary N) is 1. The zero-order valence-corrected chi connectivity index (χ0v) is 18.5. The third-order valence-electron chi connectivity index (χ3n) is 6.79. The van der Waals surface area contributed by atoms with Gasteiger partial charge in [0.1, 0.15) is 0 Å². The van der Waals surface area contributed by atoms with Crippen LogP contribution in [-0.4, -0.2) is 29.7 Å². The van der Waals surface area contributed by atoms with E-state index in [1.165, 1.54) is 46.4 Å². The molecule has 1 N–H and O–H groups in total. The molecule has 2 atom stereocenters. The lowest BCUT2D eigenvalue weighted by molar-refractivity contribution is 0.342. The van der Waals surface area contributed by atoms with Gasteiger partial charge in [0.25, 0.3) is 0 Å². The number of benzene rings is 2. The van der Waals surface area contributed by atoms with Crippen LogP contribution in [-0.2, 0) is 6.42 Å². The van der Waals surface area contributed by atoms with E-state index >= 15 is 0 Å². The summed E-state index contributed by atoms with van der Waals surface area (Å²) in [5, 5.41) is 4.73. The Morgan fingerprint density at radius 1 is 1.03 bits per heavy atom. The van der Waals surface area contributed by atoms with Gasteiger partial charge in [-0.15, -0.1) is 0 Å². The molecule has 158 valence electrons. The fourth-order valence-electron chi connectivity index (χ4n) is 5.09. The summed E-state index contributed by atoms with van der Waals surface area (Å²) >= 11 is 0. The number of hydrogen-bond donors (Lipinski definition) is 1. The molecule has 0 aromatic heterocycles. The smallest absolute Gasteiger partial charge is 0.0883 e. The van der Waals surface area contributed by atoms with Gasteiger partial charge in [0.05, 0.1) is 11.8 Å². The normalized spacial score (nSPS) is 23.1. The van der Waals surface area contributed by atoms with Gasteiger partial charge in [-0.25, -0.2) is 0 Å². The van der Waals surface area contributed by atoms with Crippen LogP contribution in [0.1, 0.15) is 43.4 Å². The third-order valence-corrected chi connectivity index (χ3v) is 6.79. The second-order valence-corrected chi connectivity index (χ2v) is 8.78. The fourth-order valence-corrected chi connectivity index (χ4v) is 5.09. The Morgan fingerprint density at radius 3 is 2.61 bits per heavy atom. The van der Waals surface area contributed by atoms with Crippen LogP contribution in [0.4, 0.5) is 0 Å². The van der Waals surface area contributed by atoms with Gasteiger partial charge in [-0.1, -0.05) is 74.5 Å². The van der Waals surface area contributed by atoms with E-state index in [1.54, 1.807) is 0 Å². The highest BCUT2D eigenvalue weighted by Gasteiger charge is 2.38. The molecule has 0 bridgehead atoms. The maximum atomic E-state index is 4.73. The molecule has 1 saturated heterocycles. The molecule has 5 rings (SSSR count). The second-order valence-electron chi connectivity index (χ2n) is 8.78. The van der Waals surface area contributed by atoms with Crippen LogP contribution in [0.2, 0.25) is 0 Å². The maximum absolute atomic E-state index is 4.73. The molecule has 2 aromatic rings. The van der Waals surface area contributed by atoms with Crippen molar-refractivity contribution in [2.45, 2.75) is 39.2 Å². The summed E-state index contributed by atoms with van der Waals surface area (Å²) in [6, 6.07) is 19.8. The maximum Gasteiger partial charge on any atom is 0.0883 e. The Morgan fingerprint density at radius 2 is 1.84 bits per heavy atom. The third kappa shape index (κ3) is 3.85. The monoisotopic (exact) mass is 409 g/mol. The number of fused-ring (bicyclic) bond motifs is 1. The summed E-state index contributed by atoms with van der Waals surface area (Å²) in [6.07, 6.45) is 10.3. The Hall–Kier alpha value is -3.07. The van der Waals surface area contributed by atoms with Crippen molar-refractivity contribution in [3.8, 4) is 0 Å². The average molecular weight is 410 g/mol. The molecule has 0 spiro atoms. The Kier molecular flexibility index (Phi) is 5.50. The number of rotatable bonds is 5. The molecule has 2 unspecified atom stereocenters. The first-order chi connectivity index (χ1) is 15.2. The SMILES string of the molecule is CCc1cccc(C2=C(N3CCCC3)C(C)C3NN=C(/C=C/c4ccccc4)C3=C2)c1. The first-order valence-electron chi connectivity index (χ1n) is 11.6. The van der Waals surface area contributed by atoms with Crippen molar-refractivity contribution in [1.82, 2.24) is 10.3 Å². The van der Waals surface area contributed by atoms with E-state index in [0.717, 1.165) is 25.2 Å². The van der Waals surface area contributed by atoms with Crippen molar-refractivity contribution in [2.75, 3.05) is 13.1 Å². The summed E-state index contributed by atoms with van der Waals surface area (Å²) in [4.78, 5) is 2.62. The minimum atomic E-state index is 0.240. The lowest BCUT2D eigenvalue weighted by Gasteiger charge is -2.36. The number of likely N-dealkylation sites (tertiary alicyclic amines) is 1. The van der Waals surface area contributed by atoms with Crippen molar-refractivity contribution in [1.29, 1.82) is 0 Å². The highest BCUT2D eigenvalue weighted by Crippen LogP contribution is 2.40. The zero-order chi connectivity index (χ0) is 21.2. The molecule has 0 radical (unpaired) electrons. The number of hydrogen-bond acceptors (Lipinski definition) is 3. The van der Waals surface area contributed by atoms with Crippen molar-refractivity contribution in [3.05, 3.63) is 94.7 Å². The Bertz CT molecular complexity index is 1070. The summed E-state index contributed by atoms with van der Waals surface area (Å²) in [6.45, 7) is 6.91. The summed E-state index contributed by atoms with van der Waals surface area (Å²) < 4.78 is 0. The van der Waals surface area contributed by atoms with E-state index in [9.17, 15) is 0 Å². The first kappa shape index (κ1) is 19.9. The van der Waals surface area contributed by atoms with E-state index in [-0.39, 0.29) is 6.04 Å². The van der Waals surface area contributed by atoms with E-state index in [0.29, 0.717) is 5.92 Å². The molecule has 3 aliphatic rings. The van der Waals surface area contributed by atoms with E-state index < -0.39 is 0 Å². The largest absolute Gasteiger partial charge is 0.374 e. The van der Waals surface area contributed by atoms with Crippen LogP contribution >= 0.6 is 0 Å². The van der Waals surface area contributed by atoms with Gasteiger partial charge >= 0.3 is 0 Å². The lowest BCUT2D eigenvalue weighted by Crippen LogP contribution is -2.39. The van der Waals surface area contributed by atoms with Gasteiger partial charge in [-0.2, -0.15) is 5.10 Å². The molecule has 2 aromatic carbocycles. The van der Waals surface area contributed by atoms with Crippen LogP contribution in [0, 0.1) is 5.92 Å². The van der Waals surface area contributed by atoms with Crippen LogP contribution in [0.15, 0.2) is 83.1 Å². The number of aryl methyl sites for hydroxylation is 1. The topological polar surface area (TPSA) is 27.6 Å². The minimum Gasteiger partial charge on any atom is -0.374 e. The van der Waals surface area contributed by atoms with Gasteiger partial charge in [0, 0.05) is 35.9 Å². The summed E-state index contributed by atoms with van der Waals surface area (Å²) in [5.41, 5.74) is 12.6. The van der Waals surface area contributed by atoms with Crippen molar-refractivity contribution >= 4 is 17.4 Å². The van der Waals surface area contributed by atoms with Crippen LogP contribution < -0.4 is 5.43 Å². The molecule has 0 amide bonds. The van der Waals surface area contributed by atoms with Crippen molar-refractivity contribution in [3.63, 3.8) is 0 Å². The summed E-state index contributed by atoms with van der Waals surface area (Å²) in [7, 11) is 0. The highest BCUT2D eigenvalue weighted by molar-refractivity contribution is 6.14. The highest BCUT2D eigenvalue weighted by atomic mass is 15.3. The van der Waals surface area contributed by atoms with Gasteiger partial charge in [0.2, 0.25) is 0 Å². The Labute approximate surface area is 185 Å². The Balaban J connectivity index is 1.57. The van der Waals surface area contributed by atoms with E-state index in [1.807, 2.05) is 0 Å². The molecular formula is C28H31N3. The number of hydrazone groups is 1. The molecule has 31 heavy (non-hydrogen) atoms. The van der Waals surface area contributed by atoms with Gasteiger partial charge < -0.3 is 10.3 Å². The molecule has 2 aliphatic heterocycles. The molecule has 1 aliphatic carbocycles. The molecule has 1 fully saturated rings. The zero-order valence-electron chi connectivity index (χ0n) is 18.5. The quantitative estimate of drug-likeness (QED) is 0.689. The van der Waals surface area contributed by atoms with Crippen LogP contribution in [0.25, 0.3) is 11.6 Å². The van der Waals surface area contributed by atoms with Crippen molar-refractivity contribution in [2.24, 2.45) is 11.0 Å². The predicted molar refractivity (Wildman–Crippen MR) is 131 cm³/mol. The lowest BCUT2D eigenvalue weighted by atomic mass is 9.80. The standard InChI is InChI=1S/C28H31N3/c1-3-21-12-9-13-23(18-21)24-19-25-26(15-14-22-10-5-4-6-11-22)29-30-27(25)20(2)28(24)31-16-7-8-17-31/h4-6,9-15,18-20,27,30H,3,7-8,16-17H2,1-2H3/b15-14+. The average Bonchev–Trinajstić information content (AvgIpc) is 3.49. The van der Waals surface area contributed by atoms with Crippen molar-refractivity contribution < 1.29 is 0 Å². The van der Waals surface area contributed by atoms with E-state index in [4.69, 9.17) is 5.10 Å². The number of nitrogens with zero attached hydrogens (tertiary/aromatic N) is 2. The molecule has 2 heterocycles. The molecule has 3 heteroatoms. The second kappa shape index (κ2) is 8.58. The minimum absolute atomic E-state index is 0.240. The summed E-state index contributed by atoms with van der Waals surface area (Å²) in [5.74, 6) is 0.379. The van der Waals surface area contributed by atoms with Crippen LogP contribution in [0.3, 0.4) is 0 Å². The van der Waals surface area contributed by atoms with E-state index in [2.05, 4.69) is 97.0 Å². The fraction of sp³-hybridized carbons (Fsp3) is 0.321. The molecule has 0 saturated carbocycles. The van der Waals surface area contributed by atoms with Gasteiger partial charge in [0.15, 0.2) is 0 Å². The predicted octanol–water partition coefficient (Wildman–Crippen LogP) is 5.67. The molecular weight excluding hydrogens is 378 g/mol.